The molecule has 1 saturated heterocycles. The normalized spacial score (nSPS) is 24.1. The van der Waals surface area contributed by atoms with Gasteiger partial charge in [-0.2, -0.15) is 0 Å². The number of rotatable bonds is 5. The van der Waals surface area contributed by atoms with Crippen LogP contribution in [0.25, 0.3) is 0 Å². The molecular formula is C19H20N4O5S. The second kappa shape index (κ2) is 7.70. The van der Waals surface area contributed by atoms with Crippen molar-refractivity contribution in [3.63, 3.8) is 0 Å². The minimum Gasteiger partial charge on any atom is -0.454 e. The summed E-state index contributed by atoms with van der Waals surface area (Å²) in [6, 6.07) is 9.29. The van der Waals surface area contributed by atoms with Crippen LogP contribution in [0.5, 0.6) is 11.5 Å². The molecule has 10 heteroatoms. The summed E-state index contributed by atoms with van der Waals surface area (Å²) in [4.78, 5) is 27.5. The Morgan fingerprint density at radius 2 is 1.93 bits per heavy atom. The van der Waals surface area contributed by atoms with E-state index < -0.39 is 33.1 Å². The van der Waals surface area contributed by atoms with Crippen LogP contribution in [0.1, 0.15) is 19.3 Å². The number of hydrogen-bond acceptors (Lipinski definition) is 6. The van der Waals surface area contributed by atoms with Gasteiger partial charge < -0.3 is 10.1 Å². The molecule has 2 aromatic rings. The lowest BCUT2D eigenvalue weighted by atomic mass is 9.82. The molecule has 2 fully saturated rings. The number of sulfonamides is 1. The third-order valence-corrected chi connectivity index (χ3v) is 6.94. The molecule has 29 heavy (non-hydrogen) atoms. The molecule has 1 aromatic carbocycles. The number of imide groups is 1. The molecule has 0 bridgehead atoms. The summed E-state index contributed by atoms with van der Waals surface area (Å²) in [5.41, 5.74) is 0.305. The van der Waals surface area contributed by atoms with Crippen LogP contribution in [0.3, 0.4) is 0 Å². The Hall–Kier alpha value is -3.14. The van der Waals surface area contributed by atoms with Gasteiger partial charge in [-0.3, -0.25) is 19.8 Å². The number of carbonyl (C=O) groups is 2. The Morgan fingerprint density at radius 3 is 2.72 bits per heavy atom. The highest BCUT2D eigenvalue weighted by molar-refractivity contribution is 7.93. The average molecular weight is 416 g/mol. The number of hydrogen-bond donors (Lipinski definition) is 3. The third-order valence-electron chi connectivity index (χ3n) is 5.13. The van der Waals surface area contributed by atoms with E-state index in [2.05, 4.69) is 20.3 Å². The molecule has 1 aliphatic carbocycles. The first-order valence-corrected chi connectivity index (χ1v) is 10.8. The molecule has 3 N–H and O–H groups in total. The highest BCUT2D eigenvalue weighted by Gasteiger charge is 2.43. The molecule has 3 amide bonds. The van der Waals surface area contributed by atoms with E-state index >= 15 is 0 Å². The van der Waals surface area contributed by atoms with E-state index in [1.807, 2.05) is 0 Å². The van der Waals surface area contributed by atoms with Gasteiger partial charge in [-0.05, 0) is 43.5 Å². The molecule has 2 aliphatic rings. The quantitative estimate of drug-likeness (QED) is 0.684. The SMILES string of the molecule is O=C1NC(=O)C2CC(S(=O)(=O)Nc3ccccc3Oc3cccnc3)CCC2N1. The van der Waals surface area contributed by atoms with Crippen molar-refractivity contribution in [2.24, 2.45) is 5.92 Å². The largest absolute Gasteiger partial charge is 0.454 e. The lowest BCUT2D eigenvalue weighted by molar-refractivity contribution is -0.126. The van der Waals surface area contributed by atoms with Gasteiger partial charge >= 0.3 is 6.03 Å². The van der Waals surface area contributed by atoms with Gasteiger partial charge in [0.1, 0.15) is 5.75 Å². The molecule has 2 heterocycles. The molecular weight excluding hydrogens is 396 g/mol. The summed E-state index contributed by atoms with van der Waals surface area (Å²) in [5, 5.41) is 4.15. The minimum absolute atomic E-state index is 0.137. The molecule has 0 spiro atoms. The van der Waals surface area contributed by atoms with Crippen LogP contribution in [0.2, 0.25) is 0 Å². The van der Waals surface area contributed by atoms with Crippen molar-refractivity contribution >= 4 is 27.6 Å². The maximum atomic E-state index is 13.0. The van der Waals surface area contributed by atoms with Gasteiger partial charge in [-0.1, -0.05) is 12.1 Å². The Bertz CT molecular complexity index is 1030. The highest BCUT2D eigenvalue weighted by Crippen LogP contribution is 2.34. The summed E-state index contributed by atoms with van der Waals surface area (Å²) >= 11 is 0. The third kappa shape index (κ3) is 4.16. The van der Waals surface area contributed by atoms with Crippen LogP contribution >= 0.6 is 0 Å². The molecule has 1 aliphatic heterocycles. The van der Waals surface area contributed by atoms with Crippen LogP contribution in [-0.2, 0) is 14.8 Å². The van der Waals surface area contributed by atoms with Crippen molar-refractivity contribution in [2.75, 3.05) is 4.72 Å². The number of fused-ring (bicyclic) bond motifs is 1. The van der Waals surface area contributed by atoms with Crippen molar-refractivity contribution in [1.29, 1.82) is 0 Å². The van der Waals surface area contributed by atoms with Crippen molar-refractivity contribution in [3.8, 4) is 11.5 Å². The van der Waals surface area contributed by atoms with Crippen molar-refractivity contribution < 1.29 is 22.7 Å². The van der Waals surface area contributed by atoms with Gasteiger partial charge in [0.2, 0.25) is 15.9 Å². The second-order valence-corrected chi connectivity index (χ2v) is 9.01. The van der Waals surface area contributed by atoms with Gasteiger partial charge in [-0.25, -0.2) is 13.2 Å². The molecule has 1 saturated carbocycles. The Labute approximate surface area is 167 Å². The molecule has 4 rings (SSSR count). The zero-order valence-corrected chi connectivity index (χ0v) is 16.2. The lowest BCUT2D eigenvalue weighted by Crippen LogP contribution is -2.60. The number of pyridine rings is 1. The minimum atomic E-state index is -3.78. The van der Waals surface area contributed by atoms with E-state index in [4.69, 9.17) is 4.74 Å². The summed E-state index contributed by atoms with van der Waals surface area (Å²) in [6.45, 7) is 0. The molecule has 3 unspecified atom stereocenters. The van der Waals surface area contributed by atoms with Crippen LogP contribution in [-0.4, -0.2) is 36.6 Å². The van der Waals surface area contributed by atoms with E-state index in [9.17, 15) is 18.0 Å². The first-order valence-electron chi connectivity index (χ1n) is 9.22. The predicted molar refractivity (Wildman–Crippen MR) is 105 cm³/mol. The van der Waals surface area contributed by atoms with Crippen LogP contribution < -0.4 is 20.1 Å². The van der Waals surface area contributed by atoms with Gasteiger partial charge in [0.05, 0.1) is 23.1 Å². The zero-order chi connectivity index (χ0) is 20.4. The Kier molecular flexibility index (Phi) is 5.10. The van der Waals surface area contributed by atoms with Crippen molar-refractivity contribution in [1.82, 2.24) is 15.6 Å². The second-order valence-electron chi connectivity index (χ2n) is 7.04. The summed E-state index contributed by atoms with van der Waals surface area (Å²) in [6.07, 6.45) is 4.04. The highest BCUT2D eigenvalue weighted by atomic mass is 32.2. The van der Waals surface area contributed by atoms with E-state index in [0.29, 0.717) is 30.0 Å². The van der Waals surface area contributed by atoms with Gasteiger partial charge in [0.25, 0.3) is 0 Å². The van der Waals surface area contributed by atoms with Crippen LogP contribution in [0, 0.1) is 5.92 Å². The first-order chi connectivity index (χ1) is 13.9. The Morgan fingerprint density at radius 1 is 1.10 bits per heavy atom. The summed E-state index contributed by atoms with van der Waals surface area (Å²) in [7, 11) is -3.78. The number of amides is 3. The topological polar surface area (TPSA) is 126 Å². The smallest absolute Gasteiger partial charge is 0.321 e. The number of ether oxygens (including phenoxy) is 1. The number of anilines is 1. The van der Waals surface area contributed by atoms with E-state index in [1.54, 1.807) is 42.6 Å². The lowest BCUT2D eigenvalue weighted by Gasteiger charge is -2.38. The molecule has 152 valence electrons. The van der Waals surface area contributed by atoms with E-state index in [-0.39, 0.29) is 12.5 Å². The van der Waals surface area contributed by atoms with Crippen LogP contribution in [0.15, 0.2) is 48.8 Å². The molecule has 3 atom stereocenters. The monoisotopic (exact) mass is 416 g/mol. The number of carbonyl (C=O) groups excluding carboxylic acids is 2. The fraction of sp³-hybridized carbons (Fsp3) is 0.316. The van der Waals surface area contributed by atoms with Crippen molar-refractivity contribution in [2.45, 2.75) is 30.6 Å². The summed E-state index contributed by atoms with van der Waals surface area (Å²) in [5.74, 6) is -0.168. The molecule has 9 nitrogen and oxygen atoms in total. The maximum Gasteiger partial charge on any atom is 0.321 e. The fourth-order valence-electron chi connectivity index (χ4n) is 3.70. The van der Waals surface area contributed by atoms with Gasteiger partial charge in [0, 0.05) is 12.2 Å². The standard InChI is InChI=1S/C19H20N4O5S/c24-18-14-10-13(7-8-15(14)21-19(25)22-18)29(26,27)23-16-5-1-2-6-17(16)28-12-4-3-9-20-11-12/h1-6,9,11,13-15,23H,7-8,10H2,(H2,21,22,24,25). The van der Waals surface area contributed by atoms with Gasteiger partial charge in [-0.15, -0.1) is 0 Å². The molecule has 0 radical (unpaired) electrons. The predicted octanol–water partition coefficient (Wildman–Crippen LogP) is 1.99. The number of aromatic nitrogens is 1. The number of benzene rings is 1. The molecule has 1 aromatic heterocycles. The summed E-state index contributed by atoms with van der Waals surface area (Å²) < 4.78 is 34.4. The fourth-order valence-corrected chi connectivity index (χ4v) is 5.25. The number of urea groups is 1. The zero-order valence-electron chi connectivity index (χ0n) is 15.4. The first kappa shape index (κ1) is 19.2. The van der Waals surface area contributed by atoms with Crippen LogP contribution in [0.4, 0.5) is 10.5 Å². The van der Waals surface area contributed by atoms with Crippen molar-refractivity contribution in [3.05, 3.63) is 48.8 Å². The number of nitrogens with one attached hydrogen (secondary N) is 3. The van der Waals surface area contributed by atoms with E-state index in [0.717, 1.165) is 0 Å². The Balaban J connectivity index is 1.51. The number of nitrogens with zero attached hydrogens (tertiary/aromatic N) is 1. The van der Waals surface area contributed by atoms with E-state index in [1.165, 1.54) is 6.20 Å². The maximum absolute atomic E-state index is 13.0. The van der Waals surface area contributed by atoms with Gasteiger partial charge in [0.15, 0.2) is 5.75 Å². The number of para-hydroxylation sites is 2. The average Bonchev–Trinajstić information content (AvgIpc) is 2.70.